The number of amides is 1. The first-order valence-corrected chi connectivity index (χ1v) is 12.1. The van der Waals surface area contributed by atoms with Crippen LogP contribution in [0.4, 0.5) is 0 Å². The second-order valence-electron chi connectivity index (χ2n) is 8.88. The molecule has 0 bridgehead atoms. The van der Waals surface area contributed by atoms with Gasteiger partial charge in [0.25, 0.3) is 0 Å². The molecule has 1 aromatic carbocycles. The Kier molecular flexibility index (Phi) is 6.65. The third kappa shape index (κ3) is 5.07. The van der Waals surface area contributed by atoms with Crippen LogP contribution in [0.3, 0.4) is 0 Å². The fourth-order valence-electron chi connectivity index (χ4n) is 4.96. The Hall–Kier alpha value is -2.83. The second-order valence-corrected chi connectivity index (χ2v) is 9.31. The van der Waals surface area contributed by atoms with Crippen molar-refractivity contribution in [2.75, 3.05) is 19.6 Å². The van der Waals surface area contributed by atoms with Crippen molar-refractivity contribution < 1.29 is 4.79 Å². The van der Waals surface area contributed by atoms with Crippen LogP contribution in [-0.2, 0) is 11.3 Å². The zero-order valence-electron chi connectivity index (χ0n) is 18.6. The van der Waals surface area contributed by atoms with Gasteiger partial charge in [-0.2, -0.15) is 0 Å². The van der Waals surface area contributed by atoms with Crippen molar-refractivity contribution in [1.29, 1.82) is 0 Å². The van der Waals surface area contributed by atoms with E-state index < -0.39 is 0 Å². The van der Waals surface area contributed by atoms with E-state index in [9.17, 15) is 4.79 Å². The Bertz CT molecular complexity index is 1100. The molecule has 0 unspecified atom stereocenters. The van der Waals surface area contributed by atoms with Crippen LogP contribution in [0.2, 0.25) is 5.02 Å². The number of rotatable bonds is 5. The van der Waals surface area contributed by atoms with E-state index >= 15 is 0 Å². The van der Waals surface area contributed by atoms with Crippen LogP contribution in [0, 0.1) is 5.92 Å². The van der Waals surface area contributed by atoms with Gasteiger partial charge in [0.15, 0.2) is 5.82 Å². The van der Waals surface area contributed by atoms with Gasteiger partial charge in [0.05, 0.1) is 17.4 Å². The van der Waals surface area contributed by atoms with E-state index in [1.165, 1.54) is 0 Å². The first-order chi connectivity index (χ1) is 16.2. The Morgan fingerprint density at radius 1 is 0.970 bits per heavy atom. The maximum Gasteiger partial charge on any atom is 0.226 e. The zero-order chi connectivity index (χ0) is 22.6. The van der Waals surface area contributed by atoms with Gasteiger partial charge < -0.3 is 4.90 Å². The van der Waals surface area contributed by atoms with Crippen LogP contribution in [0.15, 0.2) is 60.9 Å². The van der Waals surface area contributed by atoms with Crippen molar-refractivity contribution in [2.24, 2.45) is 5.92 Å². The van der Waals surface area contributed by atoms with Crippen molar-refractivity contribution in [1.82, 2.24) is 24.8 Å². The number of aromatic nitrogens is 3. The zero-order valence-corrected chi connectivity index (χ0v) is 19.4. The van der Waals surface area contributed by atoms with Gasteiger partial charge in [0.1, 0.15) is 0 Å². The van der Waals surface area contributed by atoms with Gasteiger partial charge in [-0.25, -0.2) is 9.97 Å². The predicted octanol–water partition coefficient (Wildman–Crippen LogP) is 4.77. The lowest BCUT2D eigenvalue weighted by Crippen LogP contribution is -2.42. The molecule has 2 fully saturated rings. The molecule has 33 heavy (non-hydrogen) atoms. The molecule has 0 aliphatic carbocycles. The molecular weight excluding hydrogens is 434 g/mol. The highest BCUT2D eigenvalue weighted by atomic mass is 35.5. The number of hydrogen-bond donors (Lipinski definition) is 0. The molecule has 2 aliphatic rings. The van der Waals surface area contributed by atoms with Gasteiger partial charge in [-0.1, -0.05) is 29.8 Å². The number of piperidine rings is 1. The summed E-state index contributed by atoms with van der Waals surface area (Å²) in [5, 5.41) is 0.661. The van der Waals surface area contributed by atoms with Gasteiger partial charge in [0, 0.05) is 42.0 Å². The number of halogens is 1. The smallest absolute Gasteiger partial charge is 0.226 e. The topological polar surface area (TPSA) is 62.2 Å². The number of hydrogen-bond acceptors (Lipinski definition) is 5. The largest absolute Gasteiger partial charge is 0.334 e. The summed E-state index contributed by atoms with van der Waals surface area (Å²) >= 11 is 6.15. The van der Waals surface area contributed by atoms with E-state index in [4.69, 9.17) is 16.6 Å². The van der Waals surface area contributed by atoms with Gasteiger partial charge in [-0.05, 0) is 69.1 Å². The Balaban J connectivity index is 1.25. The molecule has 7 heteroatoms. The Morgan fingerprint density at radius 2 is 1.85 bits per heavy atom. The van der Waals surface area contributed by atoms with E-state index in [1.807, 2.05) is 48.7 Å². The molecule has 1 amide bonds. The molecule has 0 saturated carbocycles. The van der Waals surface area contributed by atoms with Crippen molar-refractivity contribution in [3.63, 3.8) is 0 Å². The molecule has 6 nitrogen and oxygen atoms in total. The summed E-state index contributed by atoms with van der Waals surface area (Å²) < 4.78 is 0. The number of carbonyl (C=O) groups is 1. The van der Waals surface area contributed by atoms with Crippen molar-refractivity contribution >= 4 is 17.5 Å². The predicted molar refractivity (Wildman–Crippen MR) is 128 cm³/mol. The summed E-state index contributed by atoms with van der Waals surface area (Å²) in [7, 11) is 0. The molecule has 5 rings (SSSR count). The minimum atomic E-state index is 0.0185. The highest BCUT2D eigenvalue weighted by Crippen LogP contribution is 2.34. The van der Waals surface area contributed by atoms with E-state index in [0.29, 0.717) is 10.8 Å². The SMILES string of the molecule is O=C(C1CCN(Cc2ccccn2)CC1)N1CCC[C@H]1c1ccnc(-c2cccc(Cl)c2)n1. The molecule has 2 aliphatic heterocycles. The summed E-state index contributed by atoms with van der Waals surface area (Å²) in [4.78, 5) is 31.6. The van der Waals surface area contributed by atoms with Gasteiger partial charge in [-0.15, -0.1) is 0 Å². The number of carbonyl (C=O) groups excluding carboxylic acids is 1. The molecule has 4 heterocycles. The van der Waals surface area contributed by atoms with Crippen LogP contribution in [0.1, 0.15) is 43.1 Å². The first kappa shape index (κ1) is 22.0. The fraction of sp³-hybridized carbons (Fsp3) is 0.385. The Labute approximate surface area is 199 Å². The lowest BCUT2D eigenvalue weighted by molar-refractivity contribution is -0.138. The number of benzene rings is 1. The first-order valence-electron chi connectivity index (χ1n) is 11.7. The number of pyridine rings is 1. The summed E-state index contributed by atoms with van der Waals surface area (Å²) in [5.74, 6) is 1.01. The van der Waals surface area contributed by atoms with E-state index in [-0.39, 0.29) is 17.9 Å². The fourth-order valence-corrected chi connectivity index (χ4v) is 5.15. The maximum absolute atomic E-state index is 13.5. The van der Waals surface area contributed by atoms with E-state index in [2.05, 4.69) is 25.8 Å². The monoisotopic (exact) mass is 461 g/mol. The summed E-state index contributed by atoms with van der Waals surface area (Å²) in [6, 6.07) is 15.6. The molecule has 0 N–H and O–H groups in total. The third-order valence-electron chi connectivity index (χ3n) is 6.69. The van der Waals surface area contributed by atoms with E-state index in [0.717, 1.165) is 68.8 Å². The molecular formula is C26H28ClN5O. The third-order valence-corrected chi connectivity index (χ3v) is 6.92. The molecule has 0 spiro atoms. The van der Waals surface area contributed by atoms with Crippen molar-refractivity contribution in [3.05, 3.63) is 77.3 Å². The van der Waals surface area contributed by atoms with Gasteiger partial charge in [-0.3, -0.25) is 14.7 Å². The molecule has 2 aromatic heterocycles. The van der Waals surface area contributed by atoms with Crippen LogP contribution >= 0.6 is 11.6 Å². The van der Waals surface area contributed by atoms with E-state index in [1.54, 1.807) is 6.20 Å². The second kappa shape index (κ2) is 9.98. The van der Waals surface area contributed by atoms with Crippen LogP contribution in [0.5, 0.6) is 0 Å². The summed E-state index contributed by atoms with van der Waals surface area (Å²) in [6.07, 6.45) is 7.36. The highest BCUT2D eigenvalue weighted by Gasteiger charge is 2.36. The minimum Gasteiger partial charge on any atom is -0.334 e. The highest BCUT2D eigenvalue weighted by molar-refractivity contribution is 6.30. The van der Waals surface area contributed by atoms with Crippen LogP contribution in [-0.4, -0.2) is 50.3 Å². The van der Waals surface area contributed by atoms with Crippen molar-refractivity contribution in [3.8, 4) is 11.4 Å². The van der Waals surface area contributed by atoms with Gasteiger partial charge >= 0.3 is 0 Å². The molecule has 0 radical (unpaired) electrons. The lowest BCUT2D eigenvalue weighted by atomic mass is 9.94. The molecule has 170 valence electrons. The maximum atomic E-state index is 13.5. The normalized spacial score (nSPS) is 19.7. The van der Waals surface area contributed by atoms with Crippen LogP contribution < -0.4 is 0 Å². The lowest BCUT2D eigenvalue weighted by Gasteiger charge is -2.34. The summed E-state index contributed by atoms with van der Waals surface area (Å²) in [6.45, 7) is 3.51. The average molecular weight is 462 g/mol. The number of nitrogens with zero attached hydrogens (tertiary/aromatic N) is 5. The standard InChI is InChI=1S/C26H28ClN5O/c27-21-6-3-5-20(17-21)25-29-13-9-23(30-25)24-8-4-14-32(24)26(33)19-10-15-31(16-11-19)18-22-7-1-2-12-28-22/h1-3,5-7,9,12-13,17,19,24H,4,8,10-11,14-16,18H2/t24-/m0/s1. The van der Waals surface area contributed by atoms with Crippen LogP contribution in [0.25, 0.3) is 11.4 Å². The summed E-state index contributed by atoms with van der Waals surface area (Å²) in [5.41, 5.74) is 2.89. The molecule has 2 saturated heterocycles. The minimum absolute atomic E-state index is 0.0185. The quantitative estimate of drug-likeness (QED) is 0.547. The van der Waals surface area contributed by atoms with Gasteiger partial charge in [0.2, 0.25) is 5.91 Å². The number of likely N-dealkylation sites (tertiary alicyclic amines) is 2. The Morgan fingerprint density at radius 3 is 2.64 bits per heavy atom. The average Bonchev–Trinajstić information content (AvgIpc) is 3.35. The molecule has 1 atom stereocenters. The molecule has 3 aromatic rings. The van der Waals surface area contributed by atoms with Crippen molar-refractivity contribution in [2.45, 2.75) is 38.3 Å².